The summed E-state index contributed by atoms with van der Waals surface area (Å²) in [6.07, 6.45) is 0. The fourth-order valence-corrected chi connectivity index (χ4v) is 2.58. The number of benzene rings is 2. The summed E-state index contributed by atoms with van der Waals surface area (Å²) in [5, 5.41) is 10.4. The van der Waals surface area contributed by atoms with Crippen molar-refractivity contribution in [2.75, 3.05) is 19.8 Å². The first-order valence-corrected chi connectivity index (χ1v) is 8.34. The van der Waals surface area contributed by atoms with Gasteiger partial charge in [-0.25, -0.2) is 0 Å². The van der Waals surface area contributed by atoms with E-state index in [0.717, 1.165) is 11.3 Å². The zero-order chi connectivity index (χ0) is 18.4. The Labute approximate surface area is 151 Å². The number of nitrogens with zero attached hydrogens (tertiary/aromatic N) is 2. The summed E-state index contributed by atoms with van der Waals surface area (Å²) >= 11 is 0. The first kappa shape index (κ1) is 17.6. The normalized spacial score (nSPS) is 15.3. The number of ether oxygens (including phenoxy) is 2. The third kappa shape index (κ3) is 4.24. The Morgan fingerprint density at radius 2 is 1.77 bits per heavy atom. The number of amides is 2. The van der Waals surface area contributed by atoms with Gasteiger partial charge < -0.3 is 14.8 Å². The molecule has 1 N–H and O–H groups in total. The number of fused-ring (bicyclic) bond motifs is 1. The molecular weight excluding hydrogens is 334 g/mol. The minimum absolute atomic E-state index is 0.113. The second-order valence-corrected chi connectivity index (χ2v) is 5.62. The van der Waals surface area contributed by atoms with Gasteiger partial charge >= 0.3 is 0 Å². The van der Waals surface area contributed by atoms with Gasteiger partial charge in [0.2, 0.25) is 0 Å². The van der Waals surface area contributed by atoms with E-state index in [2.05, 4.69) is 15.5 Å². The number of nitrogens with one attached hydrogen (secondary N) is 1. The predicted octanol–water partition coefficient (Wildman–Crippen LogP) is 2.93. The Balaban J connectivity index is 1.50. The lowest BCUT2D eigenvalue weighted by molar-refractivity contribution is -0.123. The fraction of sp³-hybridized carbons (Fsp3) is 0.263. The number of azo groups is 1. The molecule has 0 aliphatic carbocycles. The van der Waals surface area contributed by atoms with Crippen molar-refractivity contribution in [1.29, 1.82) is 0 Å². The molecule has 0 aromatic heterocycles. The molecule has 2 amide bonds. The van der Waals surface area contributed by atoms with E-state index in [1.807, 2.05) is 19.1 Å². The zero-order valence-corrected chi connectivity index (χ0v) is 14.3. The fourth-order valence-electron chi connectivity index (χ4n) is 2.58. The third-order valence-electron chi connectivity index (χ3n) is 3.84. The second kappa shape index (κ2) is 8.24. The molecular formula is C19H19N3O4. The van der Waals surface area contributed by atoms with Crippen LogP contribution in [-0.2, 0) is 4.79 Å². The molecule has 1 unspecified atom stereocenters. The number of carbonyl (C=O) groups excluding carboxylic acids is 2. The van der Waals surface area contributed by atoms with Gasteiger partial charge in [0.05, 0.1) is 6.61 Å². The van der Waals surface area contributed by atoms with Crippen molar-refractivity contribution in [3.8, 4) is 11.5 Å². The highest BCUT2D eigenvalue weighted by Gasteiger charge is 2.23. The number of hydrogen-bond acceptors (Lipinski definition) is 5. The maximum absolute atomic E-state index is 12.0. The van der Waals surface area contributed by atoms with Crippen LogP contribution in [0, 0.1) is 0 Å². The summed E-state index contributed by atoms with van der Waals surface area (Å²) in [5.74, 6) is 0.697. The van der Waals surface area contributed by atoms with Crippen LogP contribution in [0.1, 0.15) is 28.9 Å². The van der Waals surface area contributed by atoms with Gasteiger partial charge in [0.15, 0.2) is 6.61 Å². The molecule has 7 nitrogen and oxygen atoms in total. The molecule has 1 aliphatic heterocycles. The second-order valence-electron chi connectivity index (χ2n) is 5.62. The van der Waals surface area contributed by atoms with E-state index < -0.39 is 0 Å². The van der Waals surface area contributed by atoms with Gasteiger partial charge in [-0.2, -0.15) is 5.11 Å². The predicted molar refractivity (Wildman–Crippen MR) is 94.5 cm³/mol. The van der Waals surface area contributed by atoms with E-state index in [-0.39, 0.29) is 31.0 Å². The van der Waals surface area contributed by atoms with Gasteiger partial charge in [-0.15, -0.1) is 5.11 Å². The molecule has 3 rings (SSSR count). The van der Waals surface area contributed by atoms with Crippen LogP contribution in [0.2, 0.25) is 0 Å². The lowest BCUT2D eigenvalue weighted by atomic mass is 9.99. The molecule has 0 fully saturated rings. The SMILES string of the molecule is CCOc1ccc(OCC(=O)NCC2N=NC(=O)c3ccccc32)cc1. The van der Waals surface area contributed by atoms with Crippen molar-refractivity contribution >= 4 is 11.8 Å². The molecule has 1 heterocycles. The quantitative estimate of drug-likeness (QED) is 0.829. The van der Waals surface area contributed by atoms with Crippen LogP contribution < -0.4 is 14.8 Å². The van der Waals surface area contributed by atoms with E-state index in [1.54, 1.807) is 36.4 Å². The van der Waals surface area contributed by atoms with E-state index >= 15 is 0 Å². The smallest absolute Gasteiger partial charge is 0.295 e. The summed E-state index contributed by atoms with van der Waals surface area (Å²) in [5.41, 5.74) is 1.28. The Morgan fingerprint density at radius 1 is 1.08 bits per heavy atom. The molecule has 1 atom stereocenters. The number of rotatable bonds is 7. The summed E-state index contributed by atoms with van der Waals surface area (Å²) in [7, 11) is 0. The van der Waals surface area contributed by atoms with Crippen LogP contribution >= 0.6 is 0 Å². The lowest BCUT2D eigenvalue weighted by Crippen LogP contribution is -2.33. The number of carbonyl (C=O) groups is 2. The highest BCUT2D eigenvalue weighted by atomic mass is 16.5. The first-order chi connectivity index (χ1) is 12.7. The number of hydrogen-bond donors (Lipinski definition) is 1. The molecule has 26 heavy (non-hydrogen) atoms. The maximum Gasteiger partial charge on any atom is 0.295 e. The Kier molecular flexibility index (Phi) is 5.58. The van der Waals surface area contributed by atoms with Gasteiger partial charge in [-0.05, 0) is 42.8 Å². The van der Waals surface area contributed by atoms with Crippen molar-refractivity contribution in [2.24, 2.45) is 10.2 Å². The van der Waals surface area contributed by atoms with Crippen molar-refractivity contribution < 1.29 is 19.1 Å². The maximum atomic E-state index is 12.0. The van der Waals surface area contributed by atoms with E-state index in [4.69, 9.17) is 9.47 Å². The van der Waals surface area contributed by atoms with Crippen molar-refractivity contribution in [2.45, 2.75) is 13.0 Å². The van der Waals surface area contributed by atoms with Gasteiger partial charge in [-0.3, -0.25) is 9.59 Å². The van der Waals surface area contributed by atoms with Gasteiger partial charge in [0.1, 0.15) is 17.5 Å². The van der Waals surface area contributed by atoms with Crippen LogP contribution in [0.3, 0.4) is 0 Å². The Morgan fingerprint density at radius 3 is 2.50 bits per heavy atom. The average Bonchev–Trinajstić information content (AvgIpc) is 2.67. The molecule has 1 aliphatic rings. The van der Waals surface area contributed by atoms with Crippen molar-refractivity contribution in [3.63, 3.8) is 0 Å². The summed E-state index contributed by atoms with van der Waals surface area (Å²) < 4.78 is 10.8. The minimum atomic E-state index is -0.377. The van der Waals surface area contributed by atoms with Crippen molar-refractivity contribution in [1.82, 2.24) is 5.32 Å². The molecule has 7 heteroatoms. The van der Waals surface area contributed by atoms with E-state index in [0.29, 0.717) is 17.9 Å². The molecule has 134 valence electrons. The molecule has 0 saturated heterocycles. The van der Waals surface area contributed by atoms with Gasteiger partial charge in [0, 0.05) is 12.1 Å². The zero-order valence-electron chi connectivity index (χ0n) is 14.3. The minimum Gasteiger partial charge on any atom is -0.494 e. The molecule has 2 aromatic rings. The highest BCUT2D eigenvalue weighted by Crippen LogP contribution is 2.26. The summed E-state index contributed by atoms with van der Waals surface area (Å²) in [6, 6.07) is 13.8. The lowest BCUT2D eigenvalue weighted by Gasteiger charge is -2.18. The molecule has 0 bridgehead atoms. The van der Waals surface area contributed by atoms with Crippen LogP contribution in [0.25, 0.3) is 0 Å². The monoisotopic (exact) mass is 353 g/mol. The van der Waals surface area contributed by atoms with E-state index in [1.165, 1.54) is 0 Å². The summed E-state index contributed by atoms with van der Waals surface area (Å²) in [6.45, 7) is 2.64. The van der Waals surface area contributed by atoms with Gasteiger partial charge in [0.25, 0.3) is 11.8 Å². The van der Waals surface area contributed by atoms with Gasteiger partial charge in [-0.1, -0.05) is 18.2 Å². The third-order valence-corrected chi connectivity index (χ3v) is 3.84. The summed E-state index contributed by atoms with van der Waals surface area (Å²) in [4.78, 5) is 23.7. The van der Waals surface area contributed by atoms with Crippen molar-refractivity contribution in [3.05, 3.63) is 59.7 Å². The molecule has 0 saturated carbocycles. The first-order valence-electron chi connectivity index (χ1n) is 8.34. The molecule has 2 aromatic carbocycles. The topological polar surface area (TPSA) is 89.3 Å². The standard InChI is InChI=1S/C19H19N3O4/c1-2-25-13-7-9-14(10-8-13)26-12-18(23)20-11-17-15-5-3-4-6-16(15)19(24)22-21-17/h3-10,17H,2,11-12H2,1H3,(H,20,23). The average molecular weight is 353 g/mol. The van der Waals surface area contributed by atoms with Crippen LogP contribution in [-0.4, -0.2) is 31.6 Å². The Hall–Kier alpha value is -3.22. The van der Waals surface area contributed by atoms with Crippen LogP contribution in [0.15, 0.2) is 58.8 Å². The molecule has 0 radical (unpaired) electrons. The Bertz CT molecular complexity index is 818. The largest absolute Gasteiger partial charge is 0.494 e. The van der Waals surface area contributed by atoms with Crippen LogP contribution in [0.5, 0.6) is 11.5 Å². The van der Waals surface area contributed by atoms with E-state index in [9.17, 15) is 9.59 Å². The molecule has 0 spiro atoms. The van der Waals surface area contributed by atoms with Crippen LogP contribution in [0.4, 0.5) is 0 Å². The highest BCUT2D eigenvalue weighted by molar-refractivity contribution is 5.97.